The van der Waals surface area contributed by atoms with E-state index in [9.17, 15) is 13.2 Å². The molecule has 0 amide bonds. The molecule has 5 heteroatoms. The summed E-state index contributed by atoms with van der Waals surface area (Å²) >= 11 is 3.48. The molecule has 1 nitrogen and oxygen atoms in total. The predicted molar refractivity (Wildman–Crippen MR) is 82.4 cm³/mol. The summed E-state index contributed by atoms with van der Waals surface area (Å²) in [6.45, 7) is 4.30. The third kappa shape index (κ3) is 4.00. The first kappa shape index (κ1) is 15.9. The van der Waals surface area contributed by atoms with E-state index in [1.165, 1.54) is 12.1 Å². The highest BCUT2D eigenvalue weighted by Gasteiger charge is 2.30. The van der Waals surface area contributed by atoms with Crippen LogP contribution in [0, 0.1) is 13.8 Å². The van der Waals surface area contributed by atoms with Gasteiger partial charge in [-0.15, -0.1) is 0 Å². The van der Waals surface area contributed by atoms with Crippen molar-refractivity contribution in [2.24, 2.45) is 0 Å². The second-order valence-electron chi connectivity index (χ2n) is 4.99. The smallest absolute Gasteiger partial charge is 0.380 e. The Balaban J connectivity index is 2.18. The average Bonchev–Trinajstić information content (AvgIpc) is 2.36. The summed E-state index contributed by atoms with van der Waals surface area (Å²) in [6.07, 6.45) is -4.31. The molecule has 0 atom stereocenters. The number of hydrogen-bond donors (Lipinski definition) is 1. The first-order chi connectivity index (χ1) is 9.77. The van der Waals surface area contributed by atoms with E-state index in [0.717, 1.165) is 27.4 Å². The van der Waals surface area contributed by atoms with Gasteiger partial charge in [-0.25, -0.2) is 0 Å². The lowest BCUT2D eigenvalue weighted by Gasteiger charge is -2.14. The molecule has 0 bridgehead atoms. The van der Waals surface area contributed by atoms with Crippen molar-refractivity contribution in [3.63, 3.8) is 0 Å². The van der Waals surface area contributed by atoms with Crippen molar-refractivity contribution in [2.45, 2.75) is 26.6 Å². The number of anilines is 1. The summed E-state index contributed by atoms with van der Waals surface area (Å²) in [6, 6.07) is 9.36. The van der Waals surface area contributed by atoms with Crippen molar-refractivity contribution < 1.29 is 13.2 Å². The van der Waals surface area contributed by atoms with Gasteiger partial charge in [0.2, 0.25) is 0 Å². The molecule has 0 saturated carbocycles. The van der Waals surface area contributed by atoms with Gasteiger partial charge in [-0.05, 0) is 64.7 Å². The van der Waals surface area contributed by atoms with E-state index < -0.39 is 11.7 Å². The van der Waals surface area contributed by atoms with Crippen LogP contribution in [0.2, 0.25) is 0 Å². The fourth-order valence-electron chi connectivity index (χ4n) is 2.19. The molecule has 0 unspecified atom stereocenters. The zero-order chi connectivity index (χ0) is 15.6. The SMILES string of the molecule is Cc1cc(C)c(NCc2cccc(C(F)(F)F)c2)c(Br)c1. The Bertz CT molecular complexity index is 627. The van der Waals surface area contributed by atoms with Crippen LogP contribution in [0.15, 0.2) is 40.9 Å². The van der Waals surface area contributed by atoms with Crippen LogP contribution in [0.4, 0.5) is 18.9 Å². The van der Waals surface area contributed by atoms with Gasteiger partial charge in [-0.3, -0.25) is 0 Å². The number of rotatable bonds is 3. The average molecular weight is 358 g/mol. The summed E-state index contributed by atoms with van der Waals surface area (Å²) in [4.78, 5) is 0. The Morgan fingerprint density at radius 3 is 2.43 bits per heavy atom. The molecule has 0 spiro atoms. The van der Waals surface area contributed by atoms with Crippen LogP contribution >= 0.6 is 15.9 Å². The van der Waals surface area contributed by atoms with E-state index in [1.807, 2.05) is 26.0 Å². The number of alkyl halides is 3. The largest absolute Gasteiger partial charge is 0.416 e. The van der Waals surface area contributed by atoms with Gasteiger partial charge in [0.05, 0.1) is 11.3 Å². The van der Waals surface area contributed by atoms with E-state index in [1.54, 1.807) is 6.07 Å². The quantitative estimate of drug-likeness (QED) is 0.743. The molecule has 0 heterocycles. The lowest BCUT2D eigenvalue weighted by atomic mass is 10.1. The number of benzene rings is 2. The minimum Gasteiger partial charge on any atom is -0.380 e. The maximum Gasteiger partial charge on any atom is 0.416 e. The molecule has 0 radical (unpaired) electrons. The number of nitrogens with one attached hydrogen (secondary N) is 1. The molecular weight excluding hydrogens is 343 g/mol. The van der Waals surface area contributed by atoms with Gasteiger partial charge in [-0.2, -0.15) is 13.2 Å². The van der Waals surface area contributed by atoms with E-state index in [2.05, 4.69) is 21.2 Å². The lowest BCUT2D eigenvalue weighted by Crippen LogP contribution is -2.07. The normalized spacial score (nSPS) is 11.5. The molecule has 0 aromatic heterocycles. The molecule has 0 saturated heterocycles. The van der Waals surface area contributed by atoms with Crippen molar-refractivity contribution in [3.05, 3.63) is 63.1 Å². The van der Waals surface area contributed by atoms with Crippen molar-refractivity contribution >= 4 is 21.6 Å². The molecule has 0 aliphatic rings. The highest BCUT2D eigenvalue weighted by Crippen LogP contribution is 2.31. The minimum atomic E-state index is -4.31. The van der Waals surface area contributed by atoms with Crippen molar-refractivity contribution in [1.82, 2.24) is 0 Å². The molecule has 0 aliphatic carbocycles. The highest BCUT2D eigenvalue weighted by molar-refractivity contribution is 9.10. The Morgan fingerprint density at radius 2 is 1.81 bits per heavy atom. The van der Waals surface area contributed by atoms with Crippen molar-refractivity contribution in [1.29, 1.82) is 0 Å². The summed E-state index contributed by atoms with van der Waals surface area (Å²) < 4.78 is 38.9. The van der Waals surface area contributed by atoms with Crippen LogP contribution in [0.5, 0.6) is 0 Å². The first-order valence-corrected chi connectivity index (χ1v) is 7.23. The summed E-state index contributed by atoms with van der Waals surface area (Å²) in [5.41, 5.74) is 3.05. The van der Waals surface area contributed by atoms with Crippen LogP contribution in [0.1, 0.15) is 22.3 Å². The van der Waals surface area contributed by atoms with Gasteiger partial charge in [0.1, 0.15) is 0 Å². The van der Waals surface area contributed by atoms with E-state index in [4.69, 9.17) is 0 Å². The van der Waals surface area contributed by atoms with Gasteiger partial charge in [0.25, 0.3) is 0 Å². The lowest BCUT2D eigenvalue weighted by molar-refractivity contribution is -0.137. The number of hydrogen-bond acceptors (Lipinski definition) is 1. The summed E-state index contributed by atoms with van der Waals surface area (Å²) in [7, 11) is 0. The van der Waals surface area contributed by atoms with Gasteiger partial charge in [-0.1, -0.05) is 18.2 Å². The molecule has 21 heavy (non-hydrogen) atoms. The Kier molecular flexibility index (Phi) is 4.61. The standard InChI is InChI=1S/C16H15BrF3N/c1-10-6-11(2)15(14(17)7-10)21-9-12-4-3-5-13(8-12)16(18,19)20/h3-8,21H,9H2,1-2H3. The molecule has 0 aliphatic heterocycles. The van der Waals surface area contributed by atoms with Crippen LogP contribution in [0.3, 0.4) is 0 Å². The fourth-order valence-corrected chi connectivity index (χ4v) is 3.00. The summed E-state index contributed by atoms with van der Waals surface area (Å²) in [5.74, 6) is 0. The van der Waals surface area contributed by atoms with Crippen LogP contribution in [0.25, 0.3) is 0 Å². The highest BCUT2D eigenvalue weighted by atomic mass is 79.9. The molecule has 2 rings (SSSR count). The van der Waals surface area contributed by atoms with Gasteiger partial charge in [0.15, 0.2) is 0 Å². The summed E-state index contributed by atoms with van der Waals surface area (Å²) in [5, 5.41) is 3.19. The Labute approximate surface area is 130 Å². The topological polar surface area (TPSA) is 12.0 Å². The molecule has 112 valence electrons. The second kappa shape index (κ2) is 6.10. The van der Waals surface area contributed by atoms with E-state index in [0.29, 0.717) is 12.1 Å². The molecule has 1 N–H and O–H groups in total. The molecular formula is C16H15BrF3N. The van der Waals surface area contributed by atoms with Crippen LogP contribution in [-0.4, -0.2) is 0 Å². The minimum absolute atomic E-state index is 0.340. The van der Waals surface area contributed by atoms with Crippen LogP contribution in [-0.2, 0) is 12.7 Å². The predicted octanol–water partition coefficient (Wildman–Crippen LogP) is 5.70. The molecule has 2 aromatic carbocycles. The van der Waals surface area contributed by atoms with Crippen molar-refractivity contribution in [3.8, 4) is 0 Å². The van der Waals surface area contributed by atoms with Gasteiger partial charge in [0, 0.05) is 11.0 Å². The number of aryl methyl sites for hydroxylation is 2. The second-order valence-corrected chi connectivity index (χ2v) is 5.84. The van der Waals surface area contributed by atoms with Gasteiger partial charge < -0.3 is 5.32 Å². The van der Waals surface area contributed by atoms with Crippen molar-refractivity contribution in [2.75, 3.05) is 5.32 Å². The fraction of sp³-hybridized carbons (Fsp3) is 0.250. The Morgan fingerprint density at radius 1 is 1.10 bits per heavy atom. The Hall–Kier alpha value is -1.49. The number of halogens is 4. The maximum absolute atomic E-state index is 12.7. The van der Waals surface area contributed by atoms with Crippen LogP contribution < -0.4 is 5.32 Å². The zero-order valence-electron chi connectivity index (χ0n) is 11.7. The third-order valence-corrected chi connectivity index (χ3v) is 3.78. The molecule has 2 aromatic rings. The third-order valence-electron chi connectivity index (χ3n) is 3.16. The zero-order valence-corrected chi connectivity index (χ0v) is 13.3. The van der Waals surface area contributed by atoms with E-state index in [-0.39, 0.29) is 0 Å². The maximum atomic E-state index is 12.7. The van der Waals surface area contributed by atoms with Gasteiger partial charge >= 0.3 is 6.18 Å². The first-order valence-electron chi connectivity index (χ1n) is 6.44. The molecule has 0 fully saturated rings. The monoisotopic (exact) mass is 357 g/mol. The van der Waals surface area contributed by atoms with E-state index >= 15 is 0 Å².